The van der Waals surface area contributed by atoms with E-state index in [1.165, 1.54) is 36.1 Å². The highest BCUT2D eigenvalue weighted by molar-refractivity contribution is 7.07. The number of ketones is 1. The Balaban J connectivity index is 2.32. The Bertz CT molecular complexity index is 587. The van der Waals surface area contributed by atoms with Gasteiger partial charge >= 0.3 is 11.9 Å². The van der Waals surface area contributed by atoms with Crippen molar-refractivity contribution in [1.29, 1.82) is 0 Å². The van der Waals surface area contributed by atoms with Gasteiger partial charge in [0, 0.05) is 13.1 Å². The molecule has 8 heteroatoms. The van der Waals surface area contributed by atoms with Crippen molar-refractivity contribution in [2.24, 2.45) is 10.8 Å². The summed E-state index contributed by atoms with van der Waals surface area (Å²) >= 11 is 1.26. The molecule has 1 aromatic heterocycles. The first-order valence-electron chi connectivity index (χ1n) is 6.27. The van der Waals surface area contributed by atoms with E-state index in [0.29, 0.717) is 0 Å². The van der Waals surface area contributed by atoms with Gasteiger partial charge in [0.1, 0.15) is 10.8 Å². The van der Waals surface area contributed by atoms with Crippen LogP contribution in [0.1, 0.15) is 13.8 Å². The van der Waals surface area contributed by atoms with Gasteiger partial charge in [-0.15, -0.1) is 11.3 Å². The van der Waals surface area contributed by atoms with E-state index in [4.69, 9.17) is 4.74 Å². The maximum Gasteiger partial charge on any atom is 0.327 e. The van der Waals surface area contributed by atoms with E-state index in [9.17, 15) is 19.5 Å². The molecule has 21 heavy (non-hydrogen) atoms. The van der Waals surface area contributed by atoms with E-state index in [1.807, 2.05) is 0 Å². The van der Waals surface area contributed by atoms with Gasteiger partial charge in [0.2, 0.25) is 5.88 Å². The van der Waals surface area contributed by atoms with Gasteiger partial charge in [0.25, 0.3) is 0 Å². The summed E-state index contributed by atoms with van der Waals surface area (Å²) in [7, 11) is 1.67. The molecule has 2 rings (SSSR count). The lowest BCUT2D eigenvalue weighted by Crippen LogP contribution is -2.63. The van der Waals surface area contributed by atoms with Crippen LogP contribution in [0, 0.1) is 10.8 Å². The number of thiazole rings is 1. The Morgan fingerprint density at radius 3 is 2.52 bits per heavy atom. The number of hydrogen-bond donors (Lipinski definition) is 1. The van der Waals surface area contributed by atoms with Crippen molar-refractivity contribution in [3.63, 3.8) is 0 Å². The monoisotopic (exact) mass is 312 g/mol. The van der Waals surface area contributed by atoms with Gasteiger partial charge in [0.05, 0.1) is 10.9 Å². The smallest absolute Gasteiger partial charge is 0.327 e. The Morgan fingerprint density at radius 2 is 2.00 bits per heavy atom. The molecule has 0 bridgehead atoms. The fraction of sp³-hybridized carbons (Fsp3) is 0.538. The number of rotatable bonds is 3. The zero-order valence-electron chi connectivity index (χ0n) is 12.0. The molecule has 0 spiro atoms. The summed E-state index contributed by atoms with van der Waals surface area (Å²) in [6, 6.07) is 0. The SMILES string of the molecule is CN1CC(C)(C(=O)O)C(=O)C(C)(C(=O)Oc2cscn2)C1. The number of carboxylic acids is 1. The summed E-state index contributed by atoms with van der Waals surface area (Å²) in [6.45, 7) is 2.92. The van der Waals surface area contributed by atoms with Gasteiger partial charge in [0.15, 0.2) is 5.78 Å². The van der Waals surface area contributed by atoms with Crippen molar-refractivity contribution in [3.8, 4) is 5.88 Å². The second-order valence-electron chi connectivity index (χ2n) is 5.69. The molecule has 1 N–H and O–H groups in total. The molecule has 2 unspecified atom stereocenters. The highest BCUT2D eigenvalue weighted by Gasteiger charge is 2.58. The molecule has 0 radical (unpaired) electrons. The summed E-state index contributed by atoms with van der Waals surface area (Å²) < 4.78 is 5.11. The Morgan fingerprint density at radius 1 is 1.38 bits per heavy atom. The fourth-order valence-corrected chi connectivity index (χ4v) is 3.12. The molecular weight excluding hydrogens is 296 g/mol. The molecule has 2 atom stereocenters. The van der Waals surface area contributed by atoms with E-state index >= 15 is 0 Å². The zero-order chi connectivity index (χ0) is 15.8. The number of ether oxygens (including phenoxy) is 1. The minimum absolute atomic E-state index is 0.0563. The Hall–Kier alpha value is -1.80. The largest absolute Gasteiger partial charge is 0.480 e. The summed E-state index contributed by atoms with van der Waals surface area (Å²) in [5, 5.41) is 10.9. The summed E-state index contributed by atoms with van der Waals surface area (Å²) in [6.07, 6.45) is 0. The number of piperidine rings is 1. The van der Waals surface area contributed by atoms with Crippen LogP contribution in [0.5, 0.6) is 5.88 Å². The number of esters is 1. The highest BCUT2D eigenvalue weighted by Crippen LogP contribution is 2.37. The topological polar surface area (TPSA) is 96.8 Å². The number of hydrogen-bond acceptors (Lipinski definition) is 7. The molecule has 0 amide bonds. The maximum absolute atomic E-state index is 12.6. The predicted octanol–water partition coefficient (Wildman–Crippen LogP) is 0.660. The highest BCUT2D eigenvalue weighted by atomic mass is 32.1. The van der Waals surface area contributed by atoms with Crippen LogP contribution < -0.4 is 4.74 Å². The van der Waals surface area contributed by atoms with E-state index in [-0.39, 0.29) is 19.0 Å². The number of Topliss-reactive ketones (excluding diaryl/α,β-unsaturated/α-hetero) is 1. The lowest BCUT2D eigenvalue weighted by atomic mass is 9.67. The first-order valence-corrected chi connectivity index (χ1v) is 7.22. The lowest BCUT2D eigenvalue weighted by Gasteiger charge is -2.43. The molecule has 0 saturated carbocycles. The average molecular weight is 312 g/mol. The van der Waals surface area contributed by atoms with Gasteiger partial charge in [-0.1, -0.05) is 0 Å². The summed E-state index contributed by atoms with van der Waals surface area (Å²) in [5.41, 5.74) is -1.67. The molecule has 7 nitrogen and oxygen atoms in total. The average Bonchev–Trinajstić information content (AvgIpc) is 2.88. The van der Waals surface area contributed by atoms with E-state index in [0.717, 1.165) is 0 Å². The van der Waals surface area contributed by atoms with Crippen LogP contribution in [0.25, 0.3) is 0 Å². The van der Waals surface area contributed by atoms with Crippen molar-refractivity contribution in [2.45, 2.75) is 13.8 Å². The first kappa shape index (κ1) is 15.6. The predicted molar refractivity (Wildman–Crippen MR) is 74.1 cm³/mol. The third kappa shape index (κ3) is 2.56. The van der Waals surface area contributed by atoms with Gasteiger partial charge in [-0.25, -0.2) is 4.98 Å². The molecule has 2 heterocycles. The second-order valence-corrected chi connectivity index (χ2v) is 6.41. The van der Waals surface area contributed by atoms with Crippen molar-refractivity contribution in [2.75, 3.05) is 20.1 Å². The van der Waals surface area contributed by atoms with Crippen LogP contribution in [0.15, 0.2) is 10.9 Å². The van der Waals surface area contributed by atoms with Crippen LogP contribution in [-0.4, -0.2) is 52.8 Å². The van der Waals surface area contributed by atoms with Gasteiger partial charge in [-0.2, -0.15) is 0 Å². The standard InChI is InChI=1S/C13H16N2O5S/c1-12(10(17)18)5-15(3)6-13(2,9(12)16)11(19)20-8-4-21-7-14-8/h4,7H,5-6H2,1-3H3,(H,17,18). The van der Waals surface area contributed by atoms with E-state index in [2.05, 4.69) is 4.98 Å². The van der Waals surface area contributed by atoms with Gasteiger partial charge in [-0.05, 0) is 20.9 Å². The van der Waals surface area contributed by atoms with Crippen LogP contribution in [-0.2, 0) is 14.4 Å². The van der Waals surface area contributed by atoms with Gasteiger partial charge < -0.3 is 14.7 Å². The van der Waals surface area contributed by atoms with Crippen LogP contribution in [0.4, 0.5) is 0 Å². The van der Waals surface area contributed by atoms with Crippen LogP contribution >= 0.6 is 11.3 Å². The molecule has 1 aliphatic heterocycles. The number of aromatic nitrogens is 1. The van der Waals surface area contributed by atoms with E-state index < -0.39 is 28.6 Å². The quantitative estimate of drug-likeness (QED) is 0.647. The first-order chi connectivity index (χ1) is 9.70. The number of likely N-dealkylation sites (tertiary alicyclic amines) is 1. The summed E-state index contributed by atoms with van der Waals surface area (Å²) in [5.74, 6) is -2.55. The molecule has 0 aliphatic carbocycles. The fourth-order valence-electron chi connectivity index (χ4n) is 2.67. The molecule has 1 aromatic rings. The minimum atomic E-state index is -1.64. The molecule has 1 fully saturated rings. The zero-order valence-corrected chi connectivity index (χ0v) is 12.8. The van der Waals surface area contributed by atoms with Crippen molar-refractivity contribution < 1.29 is 24.2 Å². The molecule has 114 valence electrons. The minimum Gasteiger partial charge on any atom is -0.480 e. The number of aliphatic carboxylic acids is 1. The van der Waals surface area contributed by atoms with Crippen molar-refractivity contribution in [1.82, 2.24) is 9.88 Å². The molecular formula is C13H16N2O5S. The third-order valence-corrected chi connectivity index (χ3v) is 4.27. The molecule has 1 saturated heterocycles. The van der Waals surface area contributed by atoms with Gasteiger partial charge in [-0.3, -0.25) is 14.4 Å². The van der Waals surface area contributed by atoms with E-state index in [1.54, 1.807) is 11.9 Å². The number of carbonyl (C=O) groups is 3. The Labute approximate surface area is 125 Å². The molecule has 0 aromatic carbocycles. The molecule has 1 aliphatic rings. The number of nitrogens with zero attached hydrogens (tertiary/aromatic N) is 2. The third-order valence-electron chi connectivity index (χ3n) is 3.70. The second kappa shape index (κ2) is 5.19. The Kier molecular flexibility index (Phi) is 3.85. The van der Waals surface area contributed by atoms with Crippen molar-refractivity contribution in [3.05, 3.63) is 10.9 Å². The van der Waals surface area contributed by atoms with Crippen LogP contribution in [0.2, 0.25) is 0 Å². The summed E-state index contributed by atoms with van der Waals surface area (Å²) in [4.78, 5) is 41.9. The van der Waals surface area contributed by atoms with Crippen LogP contribution in [0.3, 0.4) is 0 Å². The number of carbonyl (C=O) groups excluding carboxylic acids is 2. The number of carboxylic acid groups (broad SMARTS) is 1. The normalized spacial score (nSPS) is 30.1. The lowest BCUT2D eigenvalue weighted by molar-refractivity contribution is -0.170. The maximum atomic E-state index is 12.6. The van der Waals surface area contributed by atoms with Crippen molar-refractivity contribution >= 4 is 29.1 Å².